The molecule has 0 amide bonds. The summed E-state index contributed by atoms with van der Waals surface area (Å²) in [6, 6.07) is 0. The van der Waals surface area contributed by atoms with Crippen LogP contribution in [0.2, 0.25) is 0 Å². The maximum Gasteiger partial charge on any atom is 0.479 e. The van der Waals surface area contributed by atoms with Gasteiger partial charge in [0.15, 0.2) is 22.8 Å². The minimum absolute atomic E-state index is 0.0741. The molecule has 2 aromatic rings. The van der Waals surface area contributed by atoms with E-state index in [4.69, 9.17) is 31.9 Å². The van der Waals surface area contributed by atoms with Gasteiger partial charge in [-0.05, 0) is 6.42 Å². The fourth-order valence-electron chi connectivity index (χ4n) is 3.03. The normalized spacial score (nSPS) is 27.1. The minimum Gasteiger partial charge on any atom is -0.387 e. The van der Waals surface area contributed by atoms with Crippen molar-refractivity contribution in [1.82, 2.24) is 19.5 Å². The summed E-state index contributed by atoms with van der Waals surface area (Å²) < 4.78 is 50.4. The molecule has 2 aromatic heterocycles. The number of imidazole rings is 1. The highest BCUT2D eigenvalue weighted by Crippen LogP contribution is 2.71. The molecule has 204 valence electrons. The van der Waals surface area contributed by atoms with Crippen LogP contribution < -0.4 is 5.73 Å². The van der Waals surface area contributed by atoms with E-state index < -0.39 is 59.0 Å². The molecule has 1 aliphatic heterocycles. The highest BCUT2D eigenvalue weighted by Gasteiger charge is 2.50. The van der Waals surface area contributed by atoms with Crippen LogP contribution in [0.15, 0.2) is 11.5 Å². The lowest BCUT2D eigenvalue weighted by Gasteiger charge is -2.21. The zero-order valence-corrected chi connectivity index (χ0v) is 22.5. The zero-order chi connectivity index (χ0) is 27.1. The molecule has 7 atom stereocenters. The summed E-state index contributed by atoms with van der Waals surface area (Å²) in [5.41, 5.74) is 6.32. The first kappa shape index (κ1) is 29.9. The Kier molecular flexibility index (Phi) is 9.30. The number of hydrogen-bond donors (Lipinski definition) is 7. The molecule has 3 unspecified atom stereocenters. The van der Waals surface area contributed by atoms with E-state index in [-0.39, 0.29) is 17.0 Å². The second kappa shape index (κ2) is 11.2. The van der Waals surface area contributed by atoms with Crippen LogP contribution in [0.25, 0.3) is 11.2 Å². The monoisotopic (exact) mass is 613 g/mol. The van der Waals surface area contributed by atoms with Crippen LogP contribution in [0.5, 0.6) is 0 Å². The Morgan fingerprint density at radius 2 is 1.89 bits per heavy atom. The van der Waals surface area contributed by atoms with Gasteiger partial charge in [0.25, 0.3) is 0 Å². The van der Waals surface area contributed by atoms with Crippen LogP contribution in [0.1, 0.15) is 19.6 Å². The van der Waals surface area contributed by atoms with E-state index in [1.807, 2.05) is 6.92 Å². The average molecular weight is 614 g/mol. The number of aromatic nitrogens is 4. The molecule has 36 heavy (non-hydrogen) atoms. The quantitative estimate of drug-likeness (QED) is 0.0788. The third kappa shape index (κ3) is 6.65. The number of nitrogen functional groups attached to an aromatic ring is 1. The van der Waals surface area contributed by atoms with Gasteiger partial charge in [0.1, 0.15) is 23.8 Å². The van der Waals surface area contributed by atoms with Gasteiger partial charge < -0.3 is 40.3 Å². The van der Waals surface area contributed by atoms with Gasteiger partial charge in [0.05, 0.1) is 12.9 Å². The molecule has 1 fully saturated rings. The number of alkyl halides is 1. The van der Waals surface area contributed by atoms with Gasteiger partial charge in [-0.25, -0.2) is 23.8 Å². The fraction of sp³-hybridized carbons (Fsp3) is 0.643. The Morgan fingerprint density at radius 1 is 1.22 bits per heavy atom. The van der Waals surface area contributed by atoms with Gasteiger partial charge in [-0.3, -0.25) is 18.2 Å². The number of anilines is 1. The number of thioether (sulfide) groups is 1. The molecule has 1 aliphatic rings. The number of ether oxygens (including phenoxy) is 1. The third-order valence-corrected chi connectivity index (χ3v) is 12.3. The molecule has 3 rings (SSSR count). The predicted molar refractivity (Wildman–Crippen MR) is 125 cm³/mol. The van der Waals surface area contributed by atoms with Gasteiger partial charge >= 0.3 is 23.0 Å². The topological polar surface area (TPSA) is 270 Å². The summed E-state index contributed by atoms with van der Waals surface area (Å²) in [5.74, 6) is 0.785. The van der Waals surface area contributed by atoms with Gasteiger partial charge in [0, 0.05) is 5.75 Å². The van der Waals surface area contributed by atoms with Crippen molar-refractivity contribution >= 4 is 63.4 Å². The number of fused-ring (bicyclic) bond motifs is 1. The van der Waals surface area contributed by atoms with Gasteiger partial charge in [-0.15, -0.1) is 0 Å². The Bertz CT molecular complexity index is 1250. The van der Waals surface area contributed by atoms with Crippen molar-refractivity contribution in [1.29, 1.82) is 0 Å². The maximum absolute atomic E-state index is 12.1. The number of nitrogens with two attached hydrogens (primary N) is 1. The Morgan fingerprint density at radius 3 is 2.50 bits per heavy atom. The number of phosphoric ester groups is 1. The maximum atomic E-state index is 12.1. The van der Waals surface area contributed by atoms with E-state index in [9.17, 15) is 33.7 Å². The van der Waals surface area contributed by atoms with Gasteiger partial charge in [0.2, 0.25) is 4.86 Å². The standard InChI is InChI=1S/C14H23ClN5O12P3S/c1-2-3-36-14-18-10(16)7-11(19-14)20(5-17-7)12-9(22)8(21)6(31-12)4-30-35(28,29)32-34(26,27)13(15)33(23,24)25/h5-6,8-9,12-13,21-22H,2-4H2,1H3,(H,26,27)(H,28,29)(H2,16,18,19)(H2,23,24,25)/t6-,8-,9-,12-,13?/m1/s1. The smallest absolute Gasteiger partial charge is 0.387 e. The molecule has 1 saturated heterocycles. The minimum atomic E-state index is -5.54. The average Bonchev–Trinajstić information content (AvgIpc) is 3.30. The number of aliphatic hydroxyl groups is 2. The molecule has 3 heterocycles. The second-order valence-corrected chi connectivity index (χ2v) is 15.1. The molecule has 0 aromatic carbocycles. The van der Waals surface area contributed by atoms with Crippen molar-refractivity contribution in [2.24, 2.45) is 0 Å². The molecule has 8 N–H and O–H groups in total. The van der Waals surface area contributed by atoms with Crippen LogP contribution in [0.4, 0.5) is 5.82 Å². The van der Waals surface area contributed by atoms with E-state index in [0.717, 1.165) is 6.42 Å². The van der Waals surface area contributed by atoms with Crippen LogP contribution in [-0.2, 0) is 27.3 Å². The lowest BCUT2D eigenvalue weighted by atomic mass is 10.1. The van der Waals surface area contributed by atoms with Crippen LogP contribution in [-0.4, -0.2) is 84.8 Å². The summed E-state index contributed by atoms with van der Waals surface area (Å²) in [4.78, 5) is 46.8. The number of nitrogens with zero attached hydrogens (tertiary/aromatic N) is 4. The molecule has 0 bridgehead atoms. The van der Waals surface area contributed by atoms with E-state index in [1.54, 1.807) is 0 Å². The summed E-state index contributed by atoms with van der Waals surface area (Å²) in [6.07, 6.45) is -3.98. The zero-order valence-electron chi connectivity index (χ0n) is 18.2. The first-order chi connectivity index (χ1) is 16.6. The third-order valence-electron chi connectivity index (χ3n) is 4.64. The van der Waals surface area contributed by atoms with Crippen molar-refractivity contribution in [3.8, 4) is 0 Å². The largest absolute Gasteiger partial charge is 0.479 e. The predicted octanol–water partition coefficient (Wildman–Crippen LogP) is 0.549. The lowest BCUT2D eigenvalue weighted by molar-refractivity contribution is -0.0502. The van der Waals surface area contributed by atoms with Crippen LogP contribution in [0, 0.1) is 0 Å². The molecule has 0 radical (unpaired) electrons. The molecule has 22 heteroatoms. The highest BCUT2D eigenvalue weighted by atomic mass is 35.5. The van der Waals surface area contributed by atoms with Crippen molar-refractivity contribution in [2.45, 2.75) is 47.9 Å². The second-order valence-electron chi connectivity index (χ2n) is 7.42. The van der Waals surface area contributed by atoms with E-state index in [2.05, 4.69) is 23.8 Å². The molecule has 0 aliphatic carbocycles. The molecular weight excluding hydrogens is 591 g/mol. The fourth-order valence-corrected chi connectivity index (χ4v) is 7.97. The summed E-state index contributed by atoms with van der Waals surface area (Å²) >= 11 is 6.52. The lowest BCUT2D eigenvalue weighted by Crippen LogP contribution is -2.33. The summed E-state index contributed by atoms with van der Waals surface area (Å²) in [6.45, 7) is 1.01. The van der Waals surface area contributed by atoms with Crippen molar-refractivity contribution in [2.75, 3.05) is 18.1 Å². The van der Waals surface area contributed by atoms with Crippen molar-refractivity contribution < 1.29 is 57.1 Å². The first-order valence-corrected chi connectivity index (χ1v) is 16.2. The van der Waals surface area contributed by atoms with Crippen LogP contribution in [0.3, 0.4) is 0 Å². The molecule has 17 nitrogen and oxygen atoms in total. The molecular formula is C14H23ClN5O12P3S. The molecule has 0 saturated carbocycles. The first-order valence-electron chi connectivity index (χ1n) is 9.92. The number of phosphoric acid groups is 1. The van der Waals surface area contributed by atoms with Gasteiger partial charge in [-0.1, -0.05) is 30.3 Å². The number of hydrogen-bond acceptors (Lipinski definition) is 13. The van der Waals surface area contributed by atoms with E-state index in [1.165, 1.54) is 22.7 Å². The number of aliphatic hydroxyl groups excluding tert-OH is 2. The van der Waals surface area contributed by atoms with Gasteiger partial charge in [-0.2, -0.15) is 0 Å². The Hall–Kier alpha value is -0.680. The Labute approximate surface area is 212 Å². The number of halogens is 1. The highest BCUT2D eigenvalue weighted by molar-refractivity contribution is 7.99. The van der Waals surface area contributed by atoms with Crippen molar-refractivity contribution in [3.05, 3.63) is 6.33 Å². The van der Waals surface area contributed by atoms with Crippen molar-refractivity contribution in [3.63, 3.8) is 0 Å². The van der Waals surface area contributed by atoms with Crippen LogP contribution >= 0.6 is 46.4 Å². The summed E-state index contributed by atoms with van der Waals surface area (Å²) in [7, 11) is -16.4. The van der Waals surface area contributed by atoms with E-state index in [0.29, 0.717) is 10.9 Å². The SMILES string of the molecule is CCCSc1nc(N)c2ncn([C@@H]3O[C@H](COP(=O)(O)OP(=O)(O)C(Cl)P(=O)(O)O)[C@@H](O)[C@H]3O)c2n1. The summed E-state index contributed by atoms with van der Waals surface area (Å²) in [5, 5.41) is 21.2. The molecule has 0 spiro atoms. The Balaban J connectivity index is 1.75. The number of rotatable bonds is 11. The van der Waals surface area contributed by atoms with E-state index >= 15 is 0 Å².